The van der Waals surface area contributed by atoms with Crippen molar-refractivity contribution in [3.05, 3.63) is 72.3 Å². The molecule has 20 heavy (non-hydrogen) atoms. The molecule has 0 atom stereocenters. The molecule has 0 bridgehead atoms. The van der Waals surface area contributed by atoms with Crippen LogP contribution in [0.5, 0.6) is 5.75 Å². The highest BCUT2D eigenvalue weighted by molar-refractivity contribution is 5.48. The fraction of sp³-hybridized carbons (Fsp3) is 0.222. The summed E-state index contributed by atoms with van der Waals surface area (Å²) < 4.78 is 11.7. The molecule has 0 aromatic heterocycles. The van der Waals surface area contributed by atoms with Gasteiger partial charge in [-0.1, -0.05) is 55.1 Å². The van der Waals surface area contributed by atoms with Gasteiger partial charge in [0, 0.05) is 13.8 Å². The van der Waals surface area contributed by atoms with E-state index < -0.39 is 5.79 Å². The van der Waals surface area contributed by atoms with Gasteiger partial charge in [-0.15, -0.1) is 0 Å². The molecule has 2 aromatic carbocycles. The zero-order valence-corrected chi connectivity index (χ0v) is 12.0. The Morgan fingerprint density at radius 1 is 1.00 bits per heavy atom. The van der Waals surface area contributed by atoms with Crippen molar-refractivity contribution in [1.29, 1.82) is 0 Å². The molecule has 0 spiro atoms. The Labute approximate surface area is 120 Å². The first kappa shape index (κ1) is 14.4. The minimum Gasteiger partial charge on any atom is -0.463 e. The Bertz CT molecular complexity index is 541. The molecule has 0 amide bonds. The first-order valence-corrected chi connectivity index (χ1v) is 6.68. The van der Waals surface area contributed by atoms with Gasteiger partial charge >= 0.3 is 0 Å². The van der Waals surface area contributed by atoms with Gasteiger partial charge < -0.3 is 9.47 Å². The number of benzene rings is 2. The van der Waals surface area contributed by atoms with E-state index in [0.29, 0.717) is 6.61 Å². The minimum atomic E-state index is -0.675. The van der Waals surface area contributed by atoms with Crippen molar-refractivity contribution in [2.24, 2.45) is 0 Å². The predicted molar refractivity (Wildman–Crippen MR) is 82.5 cm³/mol. The normalized spacial score (nSPS) is 11.1. The van der Waals surface area contributed by atoms with Crippen LogP contribution in [0, 0.1) is 0 Å². The van der Waals surface area contributed by atoms with Crippen molar-refractivity contribution in [3.63, 3.8) is 0 Å². The van der Waals surface area contributed by atoms with Gasteiger partial charge in [-0.2, -0.15) is 0 Å². The molecule has 0 radical (unpaired) electrons. The Balaban J connectivity index is 1.94. The van der Waals surface area contributed by atoms with Gasteiger partial charge in [0.25, 0.3) is 0 Å². The number of hydrogen-bond acceptors (Lipinski definition) is 2. The van der Waals surface area contributed by atoms with Gasteiger partial charge in [-0.25, -0.2) is 0 Å². The van der Waals surface area contributed by atoms with Crippen molar-refractivity contribution in [3.8, 4) is 5.75 Å². The van der Waals surface area contributed by atoms with Gasteiger partial charge in [0.15, 0.2) is 0 Å². The molecule has 0 N–H and O–H groups in total. The van der Waals surface area contributed by atoms with Crippen LogP contribution in [0.2, 0.25) is 0 Å². The molecular formula is C18H20O2. The number of rotatable bonds is 6. The zero-order valence-electron chi connectivity index (χ0n) is 12.0. The zero-order chi connectivity index (χ0) is 14.4. The van der Waals surface area contributed by atoms with Gasteiger partial charge in [-0.3, -0.25) is 0 Å². The maximum Gasteiger partial charge on any atom is 0.205 e. The van der Waals surface area contributed by atoms with E-state index in [9.17, 15) is 0 Å². The second-order valence-electron chi connectivity index (χ2n) is 5.05. The van der Waals surface area contributed by atoms with Crippen LogP contribution in [0.25, 0.3) is 6.08 Å². The lowest BCUT2D eigenvalue weighted by Gasteiger charge is -2.26. The summed E-state index contributed by atoms with van der Waals surface area (Å²) in [6, 6.07) is 17.8. The molecule has 0 aliphatic heterocycles. The fourth-order valence-electron chi connectivity index (χ4n) is 1.82. The molecule has 0 saturated carbocycles. The van der Waals surface area contributed by atoms with E-state index in [1.807, 2.05) is 68.4 Å². The average molecular weight is 268 g/mol. The Morgan fingerprint density at radius 2 is 1.65 bits per heavy atom. The summed E-state index contributed by atoms with van der Waals surface area (Å²) in [6.07, 6.45) is 1.81. The SMILES string of the molecule is C=Cc1ccc(OC(C)(C)OCc2ccccc2)cc1. The maximum absolute atomic E-state index is 5.87. The standard InChI is InChI=1S/C18H20O2/c1-4-15-10-12-17(13-11-15)20-18(2,3)19-14-16-8-6-5-7-9-16/h4-13H,1,14H2,2-3H3. The van der Waals surface area contributed by atoms with E-state index in [1.165, 1.54) is 0 Å². The summed E-state index contributed by atoms with van der Waals surface area (Å²) in [5.41, 5.74) is 2.20. The molecule has 0 unspecified atom stereocenters. The summed E-state index contributed by atoms with van der Waals surface area (Å²) in [5.74, 6) is 0.111. The summed E-state index contributed by atoms with van der Waals surface area (Å²) in [6.45, 7) is 8.09. The van der Waals surface area contributed by atoms with Gasteiger partial charge in [0.05, 0.1) is 6.61 Å². The second kappa shape index (κ2) is 6.40. The van der Waals surface area contributed by atoms with Crippen LogP contribution in [0.1, 0.15) is 25.0 Å². The van der Waals surface area contributed by atoms with Crippen LogP contribution in [-0.2, 0) is 11.3 Å². The highest BCUT2D eigenvalue weighted by Crippen LogP contribution is 2.21. The van der Waals surface area contributed by atoms with Crippen molar-refractivity contribution in [1.82, 2.24) is 0 Å². The van der Waals surface area contributed by atoms with E-state index in [-0.39, 0.29) is 0 Å². The molecule has 2 nitrogen and oxygen atoms in total. The van der Waals surface area contributed by atoms with Crippen LogP contribution >= 0.6 is 0 Å². The molecule has 104 valence electrons. The van der Waals surface area contributed by atoms with Crippen LogP contribution in [-0.4, -0.2) is 5.79 Å². The third-order valence-electron chi connectivity index (χ3n) is 2.91. The number of ether oxygens (including phenoxy) is 2. The smallest absolute Gasteiger partial charge is 0.205 e. The summed E-state index contributed by atoms with van der Waals surface area (Å²) in [4.78, 5) is 0. The van der Waals surface area contributed by atoms with Crippen LogP contribution in [0.4, 0.5) is 0 Å². The van der Waals surface area contributed by atoms with Crippen molar-refractivity contribution < 1.29 is 9.47 Å². The van der Waals surface area contributed by atoms with Crippen molar-refractivity contribution in [2.45, 2.75) is 26.2 Å². The summed E-state index contributed by atoms with van der Waals surface area (Å²) in [7, 11) is 0. The molecule has 0 heterocycles. The lowest BCUT2D eigenvalue weighted by Crippen LogP contribution is -2.31. The maximum atomic E-state index is 5.87. The van der Waals surface area contributed by atoms with E-state index in [1.54, 1.807) is 6.08 Å². The monoisotopic (exact) mass is 268 g/mol. The molecule has 2 rings (SSSR count). The number of hydrogen-bond donors (Lipinski definition) is 0. The molecule has 2 aromatic rings. The van der Waals surface area contributed by atoms with Crippen LogP contribution < -0.4 is 4.74 Å². The fourth-order valence-corrected chi connectivity index (χ4v) is 1.82. The first-order valence-electron chi connectivity index (χ1n) is 6.68. The first-order chi connectivity index (χ1) is 9.59. The van der Waals surface area contributed by atoms with Gasteiger partial charge in [0.1, 0.15) is 5.75 Å². The van der Waals surface area contributed by atoms with E-state index in [2.05, 4.69) is 6.58 Å². The molecule has 2 heteroatoms. The third kappa shape index (κ3) is 4.25. The molecular weight excluding hydrogens is 248 g/mol. The minimum absolute atomic E-state index is 0.526. The van der Waals surface area contributed by atoms with Gasteiger partial charge in [0.2, 0.25) is 5.79 Å². The summed E-state index contributed by atoms with van der Waals surface area (Å²) >= 11 is 0. The average Bonchev–Trinajstić information content (AvgIpc) is 2.47. The molecule has 0 aliphatic carbocycles. The lowest BCUT2D eigenvalue weighted by atomic mass is 10.2. The van der Waals surface area contributed by atoms with Crippen molar-refractivity contribution >= 4 is 6.08 Å². The largest absolute Gasteiger partial charge is 0.463 e. The quantitative estimate of drug-likeness (QED) is 0.709. The topological polar surface area (TPSA) is 18.5 Å². The van der Waals surface area contributed by atoms with E-state index >= 15 is 0 Å². The molecule has 0 saturated heterocycles. The highest BCUT2D eigenvalue weighted by Gasteiger charge is 2.20. The third-order valence-corrected chi connectivity index (χ3v) is 2.91. The Kier molecular flexibility index (Phi) is 4.59. The van der Waals surface area contributed by atoms with E-state index in [4.69, 9.17) is 9.47 Å². The second-order valence-corrected chi connectivity index (χ2v) is 5.05. The van der Waals surface area contributed by atoms with E-state index in [0.717, 1.165) is 16.9 Å². The lowest BCUT2D eigenvalue weighted by molar-refractivity contribution is -0.164. The van der Waals surface area contributed by atoms with Crippen LogP contribution in [0.15, 0.2) is 61.2 Å². The molecule has 0 aliphatic rings. The van der Waals surface area contributed by atoms with Gasteiger partial charge in [-0.05, 0) is 23.3 Å². The van der Waals surface area contributed by atoms with Crippen molar-refractivity contribution in [2.75, 3.05) is 0 Å². The van der Waals surface area contributed by atoms with Crippen LogP contribution in [0.3, 0.4) is 0 Å². The Hall–Kier alpha value is -2.06. The Morgan fingerprint density at radius 3 is 2.25 bits per heavy atom. The highest BCUT2D eigenvalue weighted by atomic mass is 16.7. The predicted octanol–water partition coefficient (Wildman–Crippen LogP) is 4.66. The molecule has 0 fully saturated rings. The summed E-state index contributed by atoms with van der Waals surface area (Å²) in [5, 5.41) is 0.